The van der Waals surface area contributed by atoms with E-state index in [0.717, 1.165) is 19.0 Å². The van der Waals surface area contributed by atoms with Crippen LogP contribution >= 0.6 is 11.3 Å². The number of hydrogen-bond acceptors (Lipinski definition) is 3. The standard InChI is InChI=1S/C16H26N2S/c1-13-3-2-6-16(9-13,11-17)12-18-7-4-15-14(10-18)5-8-19-15/h5,8,13H,2-4,6-7,9-12,17H2,1H3. The van der Waals surface area contributed by atoms with Crippen molar-refractivity contribution in [1.29, 1.82) is 0 Å². The number of nitrogens with zero attached hydrogens (tertiary/aromatic N) is 1. The summed E-state index contributed by atoms with van der Waals surface area (Å²) < 4.78 is 0. The first kappa shape index (κ1) is 13.6. The Balaban J connectivity index is 1.67. The van der Waals surface area contributed by atoms with E-state index >= 15 is 0 Å². The van der Waals surface area contributed by atoms with E-state index in [2.05, 4.69) is 23.3 Å². The molecule has 1 aromatic heterocycles. The summed E-state index contributed by atoms with van der Waals surface area (Å²) in [6.45, 7) is 6.85. The Hall–Kier alpha value is -0.380. The molecule has 3 rings (SSSR count). The molecule has 1 aromatic rings. The van der Waals surface area contributed by atoms with Gasteiger partial charge in [-0.1, -0.05) is 19.8 Å². The van der Waals surface area contributed by atoms with Crippen LogP contribution in [0.2, 0.25) is 0 Å². The van der Waals surface area contributed by atoms with Gasteiger partial charge in [0.25, 0.3) is 0 Å². The molecule has 3 heteroatoms. The van der Waals surface area contributed by atoms with Gasteiger partial charge in [0.05, 0.1) is 0 Å². The molecule has 2 unspecified atom stereocenters. The Kier molecular flexibility index (Phi) is 3.97. The van der Waals surface area contributed by atoms with E-state index in [9.17, 15) is 0 Å². The lowest BCUT2D eigenvalue weighted by atomic mass is 9.69. The lowest BCUT2D eigenvalue weighted by Gasteiger charge is -2.43. The minimum absolute atomic E-state index is 0.394. The second-order valence-electron chi connectivity index (χ2n) is 6.74. The zero-order valence-corrected chi connectivity index (χ0v) is 12.8. The fraction of sp³-hybridized carbons (Fsp3) is 0.750. The molecule has 0 amide bonds. The molecule has 1 saturated carbocycles. The molecule has 106 valence electrons. The van der Waals surface area contributed by atoms with Crippen molar-refractivity contribution in [3.63, 3.8) is 0 Å². The zero-order valence-electron chi connectivity index (χ0n) is 12.0. The fourth-order valence-electron chi connectivity index (χ4n) is 4.08. The molecule has 0 saturated heterocycles. The largest absolute Gasteiger partial charge is 0.330 e. The average Bonchev–Trinajstić information content (AvgIpc) is 2.86. The molecule has 2 aliphatic rings. The Morgan fingerprint density at radius 3 is 3.21 bits per heavy atom. The number of thiophene rings is 1. The van der Waals surface area contributed by atoms with Crippen LogP contribution in [0.15, 0.2) is 11.4 Å². The monoisotopic (exact) mass is 278 g/mol. The summed E-state index contributed by atoms with van der Waals surface area (Å²) in [5.74, 6) is 0.860. The number of rotatable bonds is 3. The van der Waals surface area contributed by atoms with Crippen molar-refractivity contribution in [3.8, 4) is 0 Å². The smallest absolute Gasteiger partial charge is 0.0245 e. The second kappa shape index (κ2) is 5.55. The Bertz CT molecular complexity index is 428. The highest BCUT2D eigenvalue weighted by atomic mass is 32.1. The van der Waals surface area contributed by atoms with Crippen LogP contribution < -0.4 is 5.73 Å². The van der Waals surface area contributed by atoms with Crippen LogP contribution in [0.25, 0.3) is 0 Å². The van der Waals surface area contributed by atoms with Gasteiger partial charge < -0.3 is 5.73 Å². The molecule has 19 heavy (non-hydrogen) atoms. The average molecular weight is 278 g/mol. The molecule has 1 fully saturated rings. The van der Waals surface area contributed by atoms with Crippen LogP contribution in [0, 0.1) is 11.3 Å². The first-order valence-corrected chi connectivity index (χ1v) is 8.56. The number of hydrogen-bond donors (Lipinski definition) is 1. The van der Waals surface area contributed by atoms with Gasteiger partial charge in [-0.25, -0.2) is 0 Å². The summed E-state index contributed by atoms with van der Waals surface area (Å²) in [6.07, 6.45) is 6.67. The van der Waals surface area contributed by atoms with Gasteiger partial charge in [0.2, 0.25) is 0 Å². The molecule has 0 spiro atoms. The first-order chi connectivity index (χ1) is 9.21. The summed E-state index contributed by atoms with van der Waals surface area (Å²) >= 11 is 1.93. The topological polar surface area (TPSA) is 29.3 Å². The van der Waals surface area contributed by atoms with Crippen LogP contribution in [0.3, 0.4) is 0 Å². The van der Waals surface area contributed by atoms with Crippen molar-refractivity contribution >= 4 is 11.3 Å². The highest BCUT2D eigenvalue weighted by molar-refractivity contribution is 7.10. The van der Waals surface area contributed by atoms with Gasteiger partial charge in [0.1, 0.15) is 0 Å². The highest BCUT2D eigenvalue weighted by Gasteiger charge is 2.36. The molecule has 1 aliphatic heterocycles. The third-order valence-corrected chi connectivity index (χ3v) is 6.09. The van der Waals surface area contributed by atoms with Crippen LogP contribution in [-0.2, 0) is 13.0 Å². The van der Waals surface area contributed by atoms with Crippen molar-refractivity contribution in [2.45, 2.75) is 45.6 Å². The molecule has 2 nitrogen and oxygen atoms in total. The molecule has 0 bridgehead atoms. The minimum Gasteiger partial charge on any atom is -0.330 e. The van der Waals surface area contributed by atoms with E-state index in [0.29, 0.717) is 5.41 Å². The van der Waals surface area contributed by atoms with Crippen molar-refractivity contribution in [2.24, 2.45) is 17.1 Å². The van der Waals surface area contributed by atoms with Gasteiger partial charge >= 0.3 is 0 Å². The van der Waals surface area contributed by atoms with Gasteiger partial charge in [-0.15, -0.1) is 11.3 Å². The number of fused-ring (bicyclic) bond motifs is 1. The van der Waals surface area contributed by atoms with Gasteiger partial charge in [-0.3, -0.25) is 4.90 Å². The van der Waals surface area contributed by atoms with E-state index in [-0.39, 0.29) is 0 Å². The minimum atomic E-state index is 0.394. The van der Waals surface area contributed by atoms with Crippen LogP contribution in [-0.4, -0.2) is 24.5 Å². The maximum absolute atomic E-state index is 6.17. The molecular weight excluding hydrogens is 252 g/mol. The van der Waals surface area contributed by atoms with Gasteiger partial charge in [-0.2, -0.15) is 0 Å². The third-order valence-electron chi connectivity index (χ3n) is 5.06. The van der Waals surface area contributed by atoms with Crippen molar-refractivity contribution in [1.82, 2.24) is 4.90 Å². The normalized spacial score (nSPS) is 32.2. The lowest BCUT2D eigenvalue weighted by Crippen LogP contribution is -2.46. The summed E-state index contributed by atoms with van der Waals surface area (Å²) in [5.41, 5.74) is 8.12. The molecule has 0 aromatic carbocycles. The highest BCUT2D eigenvalue weighted by Crippen LogP contribution is 2.40. The third kappa shape index (κ3) is 2.88. The van der Waals surface area contributed by atoms with E-state index in [1.54, 1.807) is 10.4 Å². The fourth-order valence-corrected chi connectivity index (χ4v) is 4.97. The van der Waals surface area contributed by atoms with E-state index in [1.165, 1.54) is 45.2 Å². The predicted molar refractivity (Wildman–Crippen MR) is 82.4 cm³/mol. The van der Waals surface area contributed by atoms with Crippen LogP contribution in [0.5, 0.6) is 0 Å². The molecule has 2 N–H and O–H groups in total. The second-order valence-corrected chi connectivity index (χ2v) is 7.74. The predicted octanol–water partition coefficient (Wildman–Crippen LogP) is 3.26. The van der Waals surface area contributed by atoms with Crippen molar-refractivity contribution < 1.29 is 0 Å². The lowest BCUT2D eigenvalue weighted by molar-refractivity contribution is 0.0818. The van der Waals surface area contributed by atoms with E-state index in [1.807, 2.05) is 11.3 Å². The zero-order chi connectivity index (χ0) is 13.3. The van der Waals surface area contributed by atoms with Crippen LogP contribution in [0.4, 0.5) is 0 Å². The molecule has 0 radical (unpaired) electrons. The van der Waals surface area contributed by atoms with Gasteiger partial charge in [0, 0.05) is 24.5 Å². The summed E-state index contributed by atoms with van der Waals surface area (Å²) in [4.78, 5) is 4.26. The summed E-state index contributed by atoms with van der Waals surface area (Å²) in [7, 11) is 0. The quantitative estimate of drug-likeness (QED) is 0.919. The molecular formula is C16H26N2S. The summed E-state index contributed by atoms with van der Waals surface area (Å²) in [5, 5.41) is 2.25. The van der Waals surface area contributed by atoms with Gasteiger partial charge in [-0.05, 0) is 54.1 Å². The first-order valence-electron chi connectivity index (χ1n) is 7.68. The van der Waals surface area contributed by atoms with Gasteiger partial charge in [0.15, 0.2) is 0 Å². The van der Waals surface area contributed by atoms with E-state index in [4.69, 9.17) is 5.73 Å². The van der Waals surface area contributed by atoms with Crippen molar-refractivity contribution in [3.05, 3.63) is 21.9 Å². The SMILES string of the molecule is CC1CCCC(CN)(CN2CCc3sccc3C2)C1. The van der Waals surface area contributed by atoms with E-state index < -0.39 is 0 Å². The maximum Gasteiger partial charge on any atom is 0.0245 e. The van der Waals surface area contributed by atoms with Crippen LogP contribution in [0.1, 0.15) is 43.0 Å². The Morgan fingerprint density at radius 2 is 2.42 bits per heavy atom. The Labute approximate surface area is 121 Å². The summed E-state index contributed by atoms with van der Waals surface area (Å²) in [6, 6.07) is 2.31. The maximum atomic E-state index is 6.17. The molecule has 1 aliphatic carbocycles. The number of nitrogens with two attached hydrogens (primary N) is 1. The van der Waals surface area contributed by atoms with Crippen molar-refractivity contribution in [2.75, 3.05) is 19.6 Å². The molecule has 2 atom stereocenters. The Morgan fingerprint density at radius 1 is 1.53 bits per heavy atom. The molecule has 2 heterocycles.